The molecule has 0 aromatic heterocycles. The lowest BCUT2D eigenvalue weighted by Gasteiger charge is -2.25. The Morgan fingerprint density at radius 3 is 2.52 bits per heavy atom. The quantitative estimate of drug-likeness (QED) is 0.668. The fraction of sp³-hybridized carbons (Fsp3) is 0.278. The number of rotatable bonds is 4. The molecule has 1 aliphatic heterocycles. The summed E-state index contributed by atoms with van der Waals surface area (Å²) in [6, 6.07) is 13.9. The van der Waals surface area contributed by atoms with E-state index >= 15 is 0 Å². The number of hydrogen-bond acceptors (Lipinski definition) is 4. The van der Waals surface area contributed by atoms with Gasteiger partial charge in [-0.25, -0.2) is 0 Å². The predicted octanol–water partition coefficient (Wildman–Crippen LogP) is 3.24. The summed E-state index contributed by atoms with van der Waals surface area (Å²) in [6.45, 7) is 2.25. The topological polar surface area (TPSA) is 89.5 Å². The van der Waals surface area contributed by atoms with Crippen molar-refractivity contribution in [3.8, 4) is 0 Å². The lowest BCUT2D eigenvalue weighted by molar-refractivity contribution is -0.385. The molecule has 1 aliphatic rings. The Morgan fingerprint density at radius 1 is 1.20 bits per heavy atom. The van der Waals surface area contributed by atoms with Gasteiger partial charge < -0.3 is 10.6 Å². The molecule has 0 aliphatic carbocycles. The highest BCUT2D eigenvalue weighted by Crippen LogP contribution is 2.36. The average Bonchev–Trinajstić information content (AvgIpc) is 3.04. The fourth-order valence-electron chi connectivity index (χ4n) is 3.18. The van der Waals surface area contributed by atoms with E-state index < -0.39 is 16.9 Å². The summed E-state index contributed by atoms with van der Waals surface area (Å²) in [5, 5.41) is 11.1. The molecule has 0 saturated carbocycles. The second-order valence-electron chi connectivity index (χ2n) is 6.00. The average molecular weight is 362 g/mol. The van der Waals surface area contributed by atoms with Crippen LogP contribution in [0, 0.1) is 16.0 Å². The minimum absolute atomic E-state index is 0. The lowest BCUT2D eigenvalue weighted by Crippen LogP contribution is -2.38. The number of carbonyl (C=O) groups is 1. The number of nitro groups is 1. The Morgan fingerprint density at radius 2 is 1.88 bits per heavy atom. The van der Waals surface area contributed by atoms with Crippen LogP contribution in [-0.2, 0) is 11.2 Å². The first-order chi connectivity index (χ1) is 11.5. The Bertz CT molecular complexity index is 782. The molecule has 2 N–H and O–H groups in total. The molecule has 0 radical (unpaired) electrons. The van der Waals surface area contributed by atoms with Gasteiger partial charge in [-0.3, -0.25) is 14.9 Å². The molecule has 2 atom stereocenters. The third-order valence-corrected chi connectivity index (χ3v) is 4.58. The Labute approximate surface area is 152 Å². The van der Waals surface area contributed by atoms with Crippen LogP contribution in [0.1, 0.15) is 24.1 Å². The summed E-state index contributed by atoms with van der Waals surface area (Å²) in [5.74, 6) is -0.525. The highest BCUT2D eigenvalue weighted by Gasteiger charge is 2.34. The number of benzene rings is 2. The van der Waals surface area contributed by atoms with Crippen LogP contribution in [0.3, 0.4) is 0 Å². The van der Waals surface area contributed by atoms with Gasteiger partial charge in [0.1, 0.15) is 0 Å². The van der Waals surface area contributed by atoms with E-state index in [9.17, 15) is 14.9 Å². The van der Waals surface area contributed by atoms with Gasteiger partial charge in [-0.2, -0.15) is 0 Å². The summed E-state index contributed by atoms with van der Waals surface area (Å²) in [4.78, 5) is 25.3. The van der Waals surface area contributed by atoms with E-state index in [-0.39, 0.29) is 24.0 Å². The highest BCUT2D eigenvalue weighted by molar-refractivity contribution is 5.98. The largest absolute Gasteiger partial charge is 0.323 e. The minimum atomic E-state index is -0.419. The second kappa shape index (κ2) is 7.63. The molecule has 0 fully saturated rings. The number of hydrogen-bond donors (Lipinski definition) is 1. The first kappa shape index (κ1) is 18.9. The zero-order chi connectivity index (χ0) is 17.3. The molecule has 0 spiro atoms. The maximum atomic E-state index is 12.9. The van der Waals surface area contributed by atoms with E-state index in [1.54, 1.807) is 24.0 Å². The molecule has 6 nitrogen and oxygen atoms in total. The minimum Gasteiger partial charge on any atom is -0.323 e. The van der Waals surface area contributed by atoms with Gasteiger partial charge in [0, 0.05) is 18.7 Å². The third kappa shape index (κ3) is 3.50. The van der Waals surface area contributed by atoms with Gasteiger partial charge in [-0.1, -0.05) is 43.3 Å². The molecular formula is C18H20ClN3O3. The Kier molecular flexibility index (Phi) is 5.77. The Balaban J connectivity index is 0.00000225. The molecule has 2 unspecified atom stereocenters. The second-order valence-corrected chi connectivity index (χ2v) is 6.00. The predicted molar refractivity (Wildman–Crippen MR) is 98.9 cm³/mol. The van der Waals surface area contributed by atoms with Crippen LogP contribution in [-0.4, -0.2) is 17.4 Å². The van der Waals surface area contributed by atoms with Crippen LogP contribution in [0.4, 0.5) is 11.4 Å². The van der Waals surface area contributed by atoms with Crippen LogP contribution in [0.15, 0.2) is 48.5 Å². The van der Waals surface area contributed by atoms with E-state index in [1.807, 2.05) is 30.3 Å². The van der Waals surface area contributed by atoms with E-state index in [1.165, 1.54) is 6.07 Å². The monoisotopic (exact) mass is 361 g/mol. The molecular weight excluding hydrogens is 342 g/mol. The van der Waals surface area contributed by atoms with Crippen molar-refractivity contribution in [3.63, 3.8) is 0 Å². The number of halogens is 1. The number of nitrogens with two attached hydrogens (primary N) is 1. The van der Waals surface area contributed by atoms with Gasteiger partial charge in [0.2, 0.25) is 5.91 Å². The molecule has 132 valence electrons. The first-order valence-corrected chi connectivity index (χ1v) is 7.89. The Hall–Kier alpha value is -2.44. The number of nitrogens with zero attached hydrogens (tertiary/aromatic N) is 2. The van der Waals surface area contributed by atoms with Crippen molar-refractivity contribution in [2.75, 3.05) is 11.4 Å². The maximum absolute atomic E-state index is 12.9. The first-order valence-electron chi connectivity index (χ1n) is 7.89. The standard InChI is InChI=1S/C18H19N3O3.ClH/c1-12(17(19)13-6-3-2-4-7-13)18(22)20-11-10-14-15(20)8-5-9-16(14)21(23)24;/h2-9,12,17H,10-11,19H2,1H3;1H. The molecule has 0 bridgehead atoms. The van der Waals surface area contributed by atoms with E-state index in [0.717, 1.165) is 5.56 Å². The van der Waals surface area contributed by atoms with E-state index in [0.29, 0.717) is 24.2 Å². The molecule has 1 heterocycles. The number of nitro benzene ring substituents is 1. The summed E-state index contributed by atoms with van der Waals surface area (Å²) in [6.07, 6.45) is 0.492. The summed E-state index contributed by atoms with van der Waals surface area (Å²) in [5.41, 5.74) is 8.47. The van der Waals surface area contributed by atoms with Gasteiger partial charge in [-0.05, 0) is 18.1 Å². The third-order valence-electron chi connectivity index (χ3n) is 4.58. The van der Waals surface area contributed by atoms with Crippen molar-refractivity contribution in [3.05, 3.63) is 69.8 Å². The smallest absolute Gasteiger partial charge is 0.274 e. The highest BCUT2D eigenvalue weighted by atomic mass is 35.5. The van der Waals surface area contributed by atoms with Crippen LogP contribution < -0.4 is 10.6 Å². The van der Waals surface area contributed by atoms with Crippen LogP contribution in [0.2, 0.25) is 0 Å². The SMILES string of the molecule is CC(C(=O)N1CCc2c1cccc2[N+](=O)[O-])C(N)c1ccccc1.Cl. The van der Waals surface area contributed by atoms with Crippen molar-refractivity contribution in [1.82, 2.24) is 0 Å². The number of fused-ring (bicyclic) bond motifs is 1. The van der Waals surface area contributed by atoms with Gasteiger partial charge in [0.15, 0.2) is 0 Å². The van der Waals surface area contributed by atoms with E-state index in [4.69, 9.17) is 5.73 Å². The van der Waals surface area contributed by atoms with Crippen LogP contribution in [0.5, 0.6) is 0 Å². The zero-order valence-electron chi connectivity index (χ0n) is 13.8. The van der Waals surface area contributed by atoms with Crippen molar-refractivity contribution in [2.45, 2.75) is 19.4 Å². The molecule has 25 heavy (non-hydrogen) atoms. The number of amides is 1. The van der Waals surface area contributed by atoms with Gasteiger partial charge in [0.05, 0.1) is 22.1 Å². The van der Waals surface area contributed by atoms with Crippen LogP contribution in [0.25, 0.3) is 0 Å². The summed E-state index contributed by atoms with van der Waals surface area (Å²) >= 11 is 0. The summed E-state index contributed by atoms with van der Waals surface area (Å²) < 4.78 is 0. The molecule has 1 amide bonds. The fourth-order valence-corrected chi connectivity index (χ4v) is 3.18. The molecule has 2 aromatic rings. The summed E-state index contributed by atoms with van der Waals surface area (Å²) in [7, 11) is 0. The van der Waals surface area contributed by atoms with Crippen molar-refractivity contribution < 1.29 is 9.72 Å². The molecule has 7 heteroatoms. The van der Waals surface area contributed by atoms with Crippen molar-refractivity contribution in [1.29, 1.82) is 0 Å². The molecule has 3 rings (SSSR count). The van der Waals surface area contributed by atoms with Crippen LogP contribution >= 0.6 is 12.4 Å². The lowest BCUT2D eigenvalue weighted by atomic mass is 9.94. The van der Waals surface area contributed by atoms with E-state index in [2.05, 4.69) is 0 Å². The normalized spacial score (nSPS) is 15.0. The molecule has 0 saturated heterocycles. The van der Waals surface area contributed by atoms with Gasteiger partial charge >= 0.3 is 0 Å². The van der Waals surface area contributed by atoms with Gasteiger partial charge in [-0.15, -0.1) is 12.4 Å². The zero-order valence-corrected chi connectivity index (χ0v) is 14.6. The van der Waals surface area contributed by atoms with Crippen molar-refractivity contribution in [2.24, 2.45) is 11.7 Å². The van der Waals surface area contributed by atoms with Gasteiger partial charge in [0.25, 0.3) is 5.69 Å². The maximum Gasteiger partial charge on any atom is 0.274 e. The number of carbonyl (C=O) groups excluding carboxylic acids is 1. The molecule has 2 aromatic carbocycles. The number of anilines is 1. The van der Waals surface area contributed by atoms with Crippen molar-refractivity contribution >= 4 is 29.7 Å².